The Morgan fingerprint density at radius 1 is 1.41 bits per heavy atom. The molecule has 0 amide bonds. The number of aliphatic hydroxyl groups is 1. The maximum absolute atomic E-state index is 11.9. The Morgan fingerprint density at radius 3 is 2.53 bits per heavy atom. The van der Waals surface area contributed by atoms with E-state index in [0.29, 0.717) is 6.54 Å². The smallest absolute Gasteiger partial charge is 0.215 e. The van der Waals surface area contributed by atoms with Crippen LogP contribution in [-0.2, 0) is 10.0 Å². The van der Waals surface area contributed by atoms with E-state index in [4.69, 9.17) is 0 Å². The fourth-order valence-electron chi connectivity index (χ4n) is 1.82. The number of nitrogens with one attached hydrogen (secondary N) is 1. The summed E-state index contributed by atoms with van der Waals surface area (Å²) < 4.78 is 25.0. The van der Waals surface area contributed by atoms with Gasteiger partial charge < -0.3 is 10.4 Å². The third-order valence-electron chi connectivity index (χ3n) is 2.87. The molecule has 1 fully saturated rings. The van der Waals surface area contributed by atoms with E-state index in [-0.39, 0.29) is 12.3 Å². The number of likely N-dealkylation sites (N-methyl/N-ethyl adjacent to an activating group) is 1. The highest BCUT2D eigenvalue weighted by Gasteiger charge is 2.20. The molecule has 1 aliphatic rings. The first-order chi connectivity index (χ1) is 7.92. The molecule has 0 saturated carbocycles. The van der Waals surface area contributed by atoms with Crippen LogP contribution in [0.15, 0.2) is 0 Å². The Kier molecular flexibility index (Phi) is 5.81. The van der Waals surface area contributed by atoms with Gasteiger partial charge in [-0.05, 0) is 6.92 Å². The number of nitrogens with zero attached hydrogens (tertiary/aromatic N) is 2. The minimum atomic E-state index is -3.24. The molecule has 0 spiro atoms. The molecule has 102 valence electrons. The standard InChI is InChI=1S/C10H23N3O3S/c1-10(14)9-12(2)17(15,16)8-7-13-5-3-11-4-6-13/h10-11,14H,3-9H2,1-2H3. The highest BCUT2D eigenvalue weighted by molar-refractivity contribution is 7.89. The van der Waals surface area contributed by atoms with Crippen LogP contribution in [0.1, 0.15) is 6.92 Å². The van der Waals surface area contributed by atoms with Crippen molar-refractivity contribution in [2.45, 2.75) is 13.0 Å². The maximum Gasteiger partial charge on any atom is 0.215 e. The van der Waals surface area contributed by atoms with Crippen LogP contribution in [0.5, 0.6) is 0 Å². The van der Waals surface area contributed by atoms with Crippen LogP contribution >= 0.6 is 0 Å². The van der Waals surface area contributed by atoms with Crippen molar-refractivity contribution in [1.82, 2.24) is 14.5 Å². The molecular weight excluding hydrogens is 242 g/mol. The number of aliphatic hydroxyl groups excluding tert-OH is 1. The number of piperazine rings is 1. The lowest BCUT2D eigenvalue weighted by Crippen LogP contribution is -2.46. The van der Waals surface area contributed by atoms with E-state index in [0.717, 1.165) is 26.2 Å². The zero-order valence-corrected chi connectivity index (χ0v) is 11.4. The third-order valence-corrected chi connectivity index (χ3v) is 4.67. The second-order valence-electron chi connectivity index (χ2n) is 4.54. The summed E-state index contributed by atoms with van der Waals surface area (Å²) in [4.78, 5) is 2.14. The average molecular weight is 265 g/mol. The molecule has 1 atom stereocenters. The lowest BCUT2D eigenvalue weighted by atomic mass is 10.4. The van der Waals surface area contributed by atoms with Crippen molar-refractivity contribution in [2.24, 2.45) is 0 Å². The number of hydrogen-bond donors (Lipinski definition) is 2. The Labute approximate surface area is 104 Å². The monoisotopic (exact) mass is 265 g/mol. The zero-order valence-electron chi connectivity index (χ0n) is 10.6. The Bertz CT molecular complexity index is 313. The first kappa shape index (κ1) is 14.8. The molecule has 0 radical (unpaired) electrons. The molecule has 0 aromatic heterocycles. The van der Waals surface area contributed by atoms with Gasteiger partial charge in [0.25, 0.3) is 0 Å². The van der Waals surface area contributed by atoms with Crippen LogP contribution in [0.2, 0.25) is 0 Å². The predicted molar refractivity (Wildman–Crippen MR) is 67.4 cm³/mol. The molecule has 1 rings (SSSR count). The molecule has 0 bridgehead atoms. The van der Waals surface area contributed by atoms with E-state index in [9.17, 15) is 13.5 Å². The van der Waals surface area contributed by atoms with Crippen molar-refractivity contribution >= 4 is 10.0 Å². The Hall–Kier alpha value is -0.210. The molecule has 0 aliphatic carbocycles. The van der Waals surface area contributed by atoms with Crippen LogP contribution in [0.3, 0.4) is 0 Å². The molecule has 0 aromatic rings. The van der Waals surface area contributed by atoms with Gasteiger partial charge in [-0.2, -0.15) is 0 Å². The van der Waals surface area contributed by atoms with Crippen molar-refractivity contribution in [1.29, 1.82) is 0 Å². The SMILES string of the molecule is CC(O)CN(C)S(=O)(=O)CCN1CCNCC1. The van der Waals surface area contributed by atoms with E-state index in [1.807, 2.05) is 0 Å². The van der Waals surface area contributed by atoms with Gasteiger partial charge in [0.05, 0.1) is 11.9 Å². The first-order valence-electron chi connectivity index (χ1n) is 5.97. The van der Waals surface area contributed by atoms with E-state index in [2.05, 4.69) is 10.2 Å². The van der Waals surface area contributed by atoms with Crippen LogP contribution < -0.4 is 5.32 Å². The van der Waals surface area contributed by atoms with Crippen molar-refractivity contribution in [3.63, 3.8) is 0 Å². The molecular formula is C10H23N3O3S. The van der Waals surface area contributed by atoms with Gasteiger partial charge in [-0.25, -0.2) is 12.7 Å². The Morgan fingerprint density at radius 2 is 2.00 bits per heavy atom. The normalized spacial score (nSPS) is 20.7. The maximum atomic E-state index is 11.9. The van der Waals surface area contributed by atoms with E-state index in [1.165, 1.54) is 11.4 Å². The zero-order chi connectivity index (χ0) is 12.9. The second-order valence-corrected chi connectivity index (χ2v) is 6.73. The molecule has 6 nitrogen and oxygen atoms in total. The highest BCUT2D eigenvalue weighted by atomic mass is 32.2. The summed E-state index contributed by atoms with van der Waals surface area (Å²) in [5.41, 5.74) is 0. The average Bonchev–Trinajstić information content (AvgIpc) is 2.27. The lowest BCUT2D eigenvalue weighted by Gasteiger charge is -2.28. The van der Waals surface area contributed by atoms with Crippen LogP contribution in [0.25, 0.3) is 0 Å². The van der Waals surface area contributed by atoms with Crippen molar-refractivity contribution in [3.05, 3.63) is 0 Å². The van der Waals surface area contributed by atoms with E-state index >= 15 is 0 Å². The molecule has 1 unspecified atom stereocenters. The number of rotatable bonds is 6. The molecule has 17 heavy (non-hydrogen) atoms. The summed E-state index contributed by atoms with van der Waals surface area (Å²) in [5, 5.41) is 12.4. The molecule has 2 N–H and O–H groups in total. The lowest BCUT2D eigenvalue weighted by molar-refractivity contribution is 0.170. The number of hydrogen-bond acceptors (Lipinski definition) is 5. The fraction of sp³-hybridized carbons (Fsp3) is 1.00. The van der Waals surface area contributed by atoms with Crippen molar-refractivity contribution in [3.8, 4) is 0 Å². The quantitative estimate of drug-likeness (QED) is 0.614. The summed E-state index contributed by atoms with van der Waals surface area (Å²) in [6.07, 6.45) is -0.631. The second kappa shape index (κ2) is 6.65. The summed E-state index contributed by atoms with van der Waals surface area (Å²) >= 11 is 0. The van der Waals surface area contributed by atoms with Gasteiger partial charge in [-0.1, -0.05) is 0 Å². The molecule has 1 aliphatic heterocycles. The largest absolute Gasteiger partial charge is 0.392 e. The van der Waals surface area contributed by atoms with Crippen LogP contribution in [-0.4, -0.2) is 80.9 Å². The predicted octanol–water partition coefficient (Wildman–Crippen LogP) is -1.47. The fourth-order valence-corrected chi connectivity index (χ4v) is 3.06. The van der Waals surface area contributed by atoms with Gasteiger partial charge in [0.2, 0.25) is 10.0 Å². The van der Waals surface area contributed by atoms with Crippen molar-refractivity contribution < 1.29 is 13.5 Å². The Balaban J connectivity index is 2.37. The molecule has 1 saturated heterocycles. The minimum absolute atomic E-state index is 0.121. The van der Waals surface area contributed by atoms with Gasteiger partial charge in [0.15, 0.2) is 0 Å². The van der Waals surface area contributed by atoms with E-state index < -0.39 is 16.1 Å². The first-order valence-corrected chi connectivity index (χ1v) is 7.58. The molecule has 1 heterocycles. The summed E-state index contributed by atoms with van der Waals surface area (Å²) in [6.45, 7) is 5.94. The summed E-state index contributed by atoms with van der Waals surface area (Å²) in [7, 11) is -1.73. The number of sulfonamides is 1. The van der Waals surface area contributed by atoms with Gasteiger partial charge in [-0.15, -0.1) is 0 Å². The highest BCUT2D eigenvalue weighted by Crippen LogP contribution is 2.02. The van der Waals surface area contributed by atoms with Gasteiger partial charge in [0, 0.05) is 46.3 Å². The third kappa shape index (κ3) is 5.31. The van der Waals surface area contributed by atoms with E-state index in [1.54, 1.807) is 6.92 Å². The minimum Gasteiger partial charge on any atom is -0.392 e. The van der Waals surface area contributed by atoms with Gasteiger partial charge in [0.1, 0.15) is 0 Å². The van der Waals surface area contributed by atoms with Gasteiger partial charge in [-0.3, -0.25) is 4.90 Å². The molecule has 0 aromatic carbocycles. The van der Waals surface area contributed by atoms with Gasteiger partial charge >= 0.3 is 0 Å². The van der Waals surface area contributed by atoms with Crippen molar-refractivity contribution in [2.75, 3.05) is 52.1 Å². The van der Waals surface area contributed by atoms with Crippen LogP contribution in [0, 0.1) is 0 Å². The molecule has 7 heteroatoms. The van der Waals surface area contributed by atoms with Crippen LogP contribution in [0.4, 0.5) is 0 Å². The summed E-state index contributed by atoms with van der Waals surface area (Å²) in [6, 6.07) is 0. The summed E-state index contributed by atoms with van der Waals surface area (Å²) in [5.74, 6) is 0.121. The topological polar surface area (TPSA) is 72.9 Å².